The largest absolute Gasteiger partial charge is 0.454 e. The molecule has 0 aromatic heterocycles. The van der Waals surface area contributed by atoms with Crippen molar-refractivity contribution in [2.24, 2.45) is 0 Å². The van der Waals surface area contributed by atoms with Crippen molar-refractivity contribution < 1.29 is 49.3 Å². The third kappa shape index (κ3) is 38.0. The first-order valence-electron chi connectivity index (χ1n) is 31.0. The van der Waals surface area contributed by atoms with Crippen LogP contribution >= 0.6 is 0 Å². The maximum atomic E-state index is 13.4. The number of aliphatic hydroxyl groups is 5. The van der Waals surface area contributed by atoms with E-state index in [1.807, 2.05) is 6.08 Å². The van der Waals surface area contributed by atoms with Crippen molar-refractivity contribution in [2.45, 2.75) is 352 Å². The molecule has 1 rings (SSSR count). The van der Waals surface area contributed by atoms with Gasteiger partial charge < -0.3 is 45.1 Å². The number of ether oxygens (including phenoxy) is 3. The second-order valence-electron chi connectivity index (χ2n) is 21.8. The maximum Gasteiger partial charge on any atom is 0.306 e. The van der Waals surface area contributed by atoms with Gasteiger partial charge in [0.2, 0.25) is 5.91 Å². The summed E-state index contributed by atoms with van der Waals surface area (Å²) in [5, 5.41) is 56.9. The predicted molar refractivity (Wildman–Crippen MR) is 297 cm³/mol. The smallest absolute Gasteiger partial charge is 0.306 e. The molecule has 1 amide bonds. The van der Waals surface area contributed by atoms with E-state index in [1.54, 1.807) is 6.08 Å². The predicted octanol–water partition coefficient (Wildman–Crippen LogP) is 14.3. The van der Waals surface area contributed by atoms with Crippen LogP contribution < -0.4 is 5.32 Å². The number of nitrogens with one attached hydrogen (secondary N) is 1. The monoisotopic (exact) mass is 1020 g/mol. The summed E-state index contributed by atoms with van der Waals surface area (Å²) in [6.07, 6.45) is 45.3. The van der Waals surface area contributed by atoms with Crippen LogP contribution in [0.25, 0.3) is 0 Å². The van der Waals surface area contributed by atoms with Gasteiger partial charge in [0.15, 0.2) is 12.4 Å². The van der Waals surface area contributed by atoms with Crippen molar-refractivity contribution in [3.8, 4) is 0 Å². The summed E-state index contributed by atoms with van der Waals surface area (Å²) in [7, 11) is 0. The standard InChI is InChI=1S/C61H117NO10/c1-4-7-10-13-16-19-22-25-26-27-28-31-34-37-40-43-46-49-56(66)72-59-58(68)57(67)55(50-63)71-61(59)70-51-52(53(64)47-44-41-38-35-32-29-23-20-17-14-11-8-5-2)62-60(69)54(65)48-45-42-39-36-33-30-24-21-18-15-12-9-6-3/h44,47,52-55,57-59,61,63-65,67-68H,4-43,45-46,48-51H2,1-3H3,(H,62,69)/b47-44+. The molecule has 0 aliphatic carbocycles. The van der Waals surface area contributed by atoms with E-state index in [4.69, 9.17) is 14.2 Å². The van der Waals surface area contributed by atoms with Crippen LogP contribution in [-0.4, -0.2) is 99.6 Å². The van der Waals surface area contributed by atoms with Gasteiger partial charge in [-0.15, -0.1) is 0 Å². The molecule has 1 heterocycles. The topological polar surface area (TPSA) is 175 Å². The number of allylic oxidation sites excluding steroid dienone is 1. The molecule has 1 aliphatic heterocycles. The minimum atomic E-state index is -1.61. The highest BCUT2D eigenvalue weighted by Crippen LogP contribution is 2.26. The van der Waals surface area contributed by atoms with Crippen LogP contribution in [0.3, 0.4) is 0 Å². The molecule has 0 aromatic rings. The summed E-state index contributed by atoms with van der Waals surface area (Å²) < 4.78 is 17.6. The molecule has 0 aromatic carbocycles. The van der Waals surface area contributed by atoms with E-state index in [-0.39, 0.29) is 13.0 Å². The Balaban J connectivity index is 2.68. The van der Waals surface area contributed by atoms with Gasteiger partial charge in [0, 0.05) is 6.42 Å². The second kappa shape index (κ2) is 50.2. The molecule has 426 valence electrons. The van der Waals surface area contributed by atoms with Crippen molar-refractivity contribution in [1.82, 2.24) is 5.32 Å². The number of hydrogen-bond donors (Lipinski definition) is 6. The van der Waals surface area contributed by atoms with Crippen molar-refractivity contribution in [1.29, 1.82) is 0 Å². The summed E-state index contributed by atoms with van der Waals surface area (Å²) in [4.78, 5) is 26.5. The molecule has 11 heteroatoms. The first-order chi connectivity index (χ1) is 35.2. The Hall–Kier alpha value is -1.60. The lowest BCUT2D eigenvalue weighted by Crippen LogP contribution is -2.61. The number of esters is 1. The Morgan fingerprint density at radius 2 is 0.903 bits per heavy atom. The molecule has 8 unspecified atom stereocenters. The van der Waals surface area contributed by atoms with Gasteiger partial charge >= 0.3 is 5.97 Å². The number of rotatable bonds is 53. The van der Waals surface area contributed by atoms with Crippen molar-refractivity contribution in [3.05, 3.63) is 12.2 Å². The van der Waals surface area contributed by atoms with E-state index in [0.717, 1.165) is 57.8 Å². The van der Waals surface area contributed by atoms with Crippen LogP contribution in [0.15, 0.2) is 12.2 Å². The van der Waals surface area contributed by atoms with E-state index >= 15 is 0 Å². The molecular weight excluding hydrogens is 907 g/mol. The van der Waals surface area contributed by atoms with Crippen LogP contribution in [0.1, 0.15) is 303 Å². The first kappa shape index (κ1) is 68.4. The van der Waals surface area contributed by atoms with Crippen LogP contribution in [0.4, 0.5) is 0 Å². The molecule has 1 fully saturated rings. The molecule has 6 N–H and O–H groups in total. The zero-order valence-corrected chi connectivity index (χ0v) is 47.1. The first-order valence-corrected chi connectivity index (χ1v) is 31.0. The normalized spacial score (nSPS) is 19.5. The van der Waals surface area contributed by atoms with Gasteiger partial charge in [0.05, 0.1) is 25.4 Å². The minimum Gasteiger partial charge on any atom is -0.454 e. The van der Waals surface area contributed by atoms with E-state index in [9.17, 15) is 35.1 Å². The zero-order chi connectivity index (χ0) is 52.5. The fourth-order valence-corrected chi connectivity index (χ4v) is 10.0. The van der Waals surface area contributed by atoms with Gasteiger partial charge in [-0.1, -0.05) is 283 Å². The Morgan fingerprint density at radius 3 is 1.31 bits per heavy atom. The van der Waals surface area contributed by atoms with Crippen LogP contribution in [0, 0.1) is 0 Å². The number of aliphatic hydroxyl groups excluding tert-OH is 5. The second-order valence-corrected chi connectivity index (χ2v) is 21.8. The average molecular weight is 1020 g/mol. The Bertz CT molecular complexity index is 1220. The zero-order valence-electron chi connectivity index (χ0n) is 47.1. The molecule has 1 saturated heterocycles. The van der Waals surface area contributed by atoms with Gasteiger partial charge in [0.1, 0.15) is 24.4 Å². The third-order valence-electron chi connectivity index (χ3n) is 14.9. The van der Waals surface area contributed by atoms with Crippen molar-refractivity contribution >= 4 is 11.9 Å². The molecule has 0 saturated carbocycles. The van der Waals surface area contributed by atoms with Crippen molar-refractivity contribution in [3.63, 3.8) is 0 Å². The summed E-state index contributed by atoms with van der Waals surface area (Å²) >= 11 is 0. The van der Waals surface area contributed by atoms with Gasteiger partial charge in [0.25, 0.3) is 0 Å². The molecule has 11 nitrogen and oxygen atoms in total. The van der Waals surface area contributed by atoms with Gasteiger partial charge in [-0.3, -0.25) is 9.59 Å². The number of carbonyl (C=O) groups is 2. The van der Waals surface area contributed by atoms with E-state index in [2.05, 4.69) is 26.1 Å². The number of hydrogen-bond acceptors (Lipinski definition) is 10. The number of carbonyl (C=O) groups excluding carboxylic acids is 2. The fraction of sp³-hybridized carbons (Fsp3) is 0.934. The van der Waals surface area contributed by atoms with Gasteiger partial charge in [-0.05, 0) is 25.7 Å². The highest BCUT2D eigenvalue weighted by Gasteiger charge is 2.47. The molecule has 8 atom stereocenters. The maximum absolute atomic E-state index is 13.4. The van der Waals surface area contributed by atoms with Crippen LogP contribution in [-0.2, 0) is 23.8 Å². The van der Waals surface area contributed by atoms with Crippen LogP contribution in [0.2, 0.25) is 0 Å². The molecule has 0 bridgehead atoms. The lowest BCUT2D eigenvalue weighted by Gasteiger charge is -2.41. The third-order valence-corrected chi connectivity index (χ3v) is 14.9. The van der Waals surface area contributed by atoms with Crippen molar-refractivity contribution in [2.75, 3.05) is 13.2 Å². The Labute approximate surface area is 442 Å². The Kier molecular flexibility index (Phi) is 47.7. The van der Waals surface area contributed by atoms with Gasteiger partial charge in [-0.2, -0.15) is 0 Å². The summed E-state index contributed by atoms with van der Waals surface area (Å²) in [6, 6.07) is -1.02. The number of unbranched alkanes of at least 4 members (excludes halogenated alkanes) is 39. The lowest BCUT2D eigenvalue weighted by atomic mass is 9.99. The Morgan fingerprint density at radius 1 is 0.528 bits per heavy atom. The van der Waals surface area contributed by atoms with E-state index in [1.165, 1.54) is 199 Å². The van der Waals surface area contributed by atoms with E-state index < -0.39 is 67.4 Å². The quantitative estimate of drug-likeness (QED) is 0.0195. The van der Waals surface area contributed by atoms with E-state index in [0.29, 0.717) is 19.3 Å². The highest BCUT2D eigenvalue weighted by atomic mass is 16.7. The molecular formula is C61H117NO10. The van der Waals surface area contributed by atoms with Crippen LogP contribution in [0.5, 0.6) is 0 Å². The lowest BCUT2D eigenvalue weighted by molar-refractivity contribution is -0.305. The summed E-state index contributed by atoms with van der Waals surface area (Å²) in [6.45, 7) is 5.82. The summed E-state index contributed by atoms with van der Waals surface area (Å²) in [5.74, 6) is -1.18. The fourth-order valence-electron chi connectivity index (χ4n) is 10.0. The molecule has 1 aliphatic rings. The molecule has 72 heavy (non-hydrogen) atoms. The summed E-state index contributed by atoms with van der Waals surface area (Å²) in [5.41, 5.74) is 0. The highest BCUT2D eigenvalue weighted by molar-refractivity contribution is 5.80. The van der Waals surface area contributed by atoms with Gasteiger partial charge in [-0.25, -0.2) is 0 Å². The SMILES string of the molecule is CCCCCCCCCCCCC/C=C/C(O)C(COC1OC(CO)C(O)C(O)C1OC(=O)CCCCCCCCCCCCCCCCCCC)NC(=O)C(O)CCCCCCCCCCCCCCC. The number of amides is 1. The molecule has 0 radical (unpaired) electrons. The molecule has 0 spiro atoms. The average Bonchev–Trinajstić information content (AvgIpc) is 3.38. The minimum absolute atomic E-state index is 0.131.